The lowest BCUT2D eigenvalue weighted by molar-refractivity contribution is 0.104. The van der Waals surface area contributed by atoms with Gasteiger partial charge >= 0.3 is 5.63 Å². The van der Waals surface area contributed by atoms with E-state index < -0.39 is 5.63 Å². The van der Waals surface area contributed by atoms with Crippen LogP contribution in [0.3, 0.4) is 0 Å². The summed E-state index contributed by atoms with van der Waals surface area (Å²) in [5, 5.41) is 0.819. The van der Waals surface area contributed by atoms with E-state index in [1.54, 1.807) is 43.3 Å². The minimum atomic E-state index is -0.454. The van der Waals surface area contributed by atoms with Gasteiger partial charge in [0, 0.05) is 35.4 Å². The molecule has 0 saturated carbocycles. The zero-order chi connectivity index (χ0) is 23.5. The van der Waals surface area contributed by atoms with Gasteiger partial charge in [0.25, 0.3) is 0 Å². The molecular formula is C28H24N2O4. The van der Waals surface area contributed by atoms with Crippen LogP contribution in [0.5, 0.6) is 0 Å². The van der Waals surface area contributed by atoms with Crippen molar-refractivity contribution in [3.63, 3.8) is 0 Å². The molecule has 0 N–H and O–H groups in total. The molecule has 1 saturated heterocycles. The number of ketones is 1. The Balaban J connectivity index is 1.33. The van der Waals surface area contributed by atoms with Crippen LogP contribution in [0.1, 0.15) is 21.6 Å². The number of nitrogens with zero attached hydrogens (tertiary/aromatic N) is 2. The second kappa shape index (κ2) is 9.45. The standard InChI is InChI=1S/C28H24N2O4/c1-19-23(11-12-25(29-19)24-18-21-4-2-3-5-27(21)34-28(24)32)26(31)13-8-20-6-9-22(10-7-20)30-14-16-33-17-15-30/h2-13,18H,14-17H2,1H3/b13-8+. The van der Waals surface area contributed by atoms with Gasteiger partial charge in [-0.3, -0.25) is 9.78 Å². The zero-order valence-corrected chi connectivity index (χ0v) is 18.9. The third kappa shape index (κ3) is 4.54. The van der Waals surface area contributed by atoms with Crippen LogP contribution in [0.2, 0.25) is 0 Å². The Bertz CT molecular complexity index is 1430. The fourth-order valence-electron chi connectivity index (χ4n) is 4.09. The third-order valence-corrected chi connectivity index (χ3v) is 5.97. The lowest BCUT2D eigenvalue weighted by atomic mass is 10.0. The molecule has 6 nitrogen and oxygen atoms in total. The monoisotopic (exact) mass is 452 g/mol. The van der Waals surface area contributed by atoms with Crippen molar-refractivity contribution < 1.29 is 13.9 Å². The SMILES string of the molecule is Cc1nc(-c2cc3ccccc3oc2=O)ccc1C(=O)/C=C/c1ccc(N2CCOCC2)cc1. The van der Waals surface area contributed by atoms with Crippen molar-refractivity contribution >= 4 is 28.5 Å². The lowest BCUT2D eigenvalue weighted by Crippen LogP contribution is -2.36. The number of allylic oxidation sites excluding steroid dienone is 1. The van der Waals surface area contributed by atoms with Crippen LogP contribution in [-0.4, -0.2) is 37.1 Å². The van der Waals surface area contributed by atoms with Gasteiger partial charge in [0.05, 0.1) is 24.5 Å². The van der Waals surface area contributed by atoms with Gasteiger partial charge in [-0.2, -0.15) is 0 Å². The van der Waals surface area contributed by atoms with E-state index in [0.29, 0.717) is 28.1 Å². The molecule has 1 aliphatic rings. The van der Waals surface area contributed by atoms with Gasteiger partial charge in [-0.15, -0.1) is 0 Å². The lowest BCUT2D eigenvalue weighted by Gasteiger charge is -2.28. The molecule has 0 spiro atoms. The molecule has 4 aromatic rings. The topological polar surface area (TPSA) is 72.6 Å². The molecule has 1 aliphatic heterocycles. The number of benzene rings is 2. The Hall–Kier alpha value is -4.03. The number of aryl methyl sites for hydroxylation is 1. The minimum Gasteiger partial charge on any atom is -0.422 e. The molecule has 0 aliphatic carbocycles. The molecule has 0 amide bonds. The number of morpholine rings is 1. The summed E-state index contributed by atoms with van der Waals surface area (Å²) < 4.78 is 10.8. The van der Waals surface area contributed by atoms with Crippen LogP contribution in [0.25, 0.3) is 28.3 Å². The smallest absolute Gasteiger partial charge is 0.345 e. The molecule has 0 bridgehead atoms. The first-order chi connectivity index (χ1) is 16.6. The number of para-hydroxylation sites is 1. The van der Waals surface area contributed by atoms with Crippen LogP contribution in [0, 0.1) is 6.92 Å². The maximum absolute atomic E-state index is 12.8. The Labute approximate surface area is 197 Å². The summed E-state index contributed by atoms with van der Waals surface area (Å²) in [5.41, 5.74) is 4.08. The second-order valence-corrected chi connectivity index (χ2v) is 8.20. The number of aromatic nitrogens is 1. The molecule has 6 heteroatoms. The highest BCUT2D eigenvalue weighted by Gasteiger charge is 2.14. The van der Waals surface area contributed by atoms with Gasteiger partial charge in [-0.05, 0) is 55.0 Å². The first-order valence-corrected chi connectivity index (χ1v) is 11.2. The second-order valence-electron chi connectivity index (χ2n) is 8.20. The van der Waals surface area contributed by atoms with Crippen LogP contribution < -0.4 is 10.5 Å². The summed E-state index contributed by atoms with van der Waals surface area (Å²) in [5.74, 6) is -0.139. The molecule has 34 heavy (non-hydrogen) atoms. The molecule has 2 aromatic carbocycles. The molecule has 1 fully saturated rings. The van der Waals surface area contributed by atoms with Crippen LogP contribution in [-0.2, 0) is 4.74 Å². The fourth-order valence-corrected chi connectivity index (χ4v) is 4.09. The van der Waals surface area contributed by atoms with E-state index in [1.165, 1.54) is 0 Å². The van der Waals surface area contributed by atoms with E-state index in [-0.39, 0.29) is 5.78 Å². The first-order valence-electron chi connectivity index (χ1n) is 11.2. The Kier molecular flexibility index (Phi) is 6.06. The molecule has 0 unspecified atom stereocenters. The maximum Gasteiger partial charge on any atom is 0.345 e. The van der Waals surface area contributed by atoms with E-state index in [0.717, 1.165) is 42.9 Å². The quantitative estimate of drug-likeness (QED) is 0.244. The number of carbonyl (C=O) groups is 1. The first kappa shape index (κ1) is 21.8. The number of anilines is 1. The molecular weight excluding hydrogens is 428 g/mol. The fraction of sp³-hybridized carbons (Fsp3) is 0.179. The Morgan fingerprint density at radius 1 is 1.00 bits per heavy atom. The largest absolute Gasteiger partial charge is 0.422 e. The molecule has 5 rings (SSSR count). The van der Waals surface area contributed by atoms with E-state index in [9.17, 15) is 9.59 Å². The summed E-state index contributed by atoms with van der Waals surface area (Å²) in [4.78, 5) is 32.1. The van der Waals surface area contributed by atoms with Crippen molar-refractivity contribution in [1.82, 2.24) is 4.98 Å². The van der Waals surface area contributed by atoms with Crippen molar-refractivity contribution in [3.05, 3.63) is 100 Å². The summed E-state index contributed by atoms with van der Waals surface area (Å²) in [6.07, 6.45) is 3.36. The van der Waals surface area contributed by atoms with Gasteiger partial charge in [-0.25, -0.2) is 4.79 Å². The third-order valence-electron chi connectivity index (χ3n) is 5.97. The molecule has 2 aromatic heterocycles. The normalized spacial score (nSPS) is 14.1. The molecule has 0 radical (unpaired) electrons. The van der Waals surface area contributed by atoms with Crippen molar-refractivity contribution in [2.45, 2.75) is 6.92 Å². The van der Waals surface area contributed by atoms with Crippen molar-refractivity contribution in [2.75, 3.05) is 31.2 Å². The molecule has 3 heterocycles. The average molecular weight is 453 g/mol. The van der Waals surface area contributed by atoms with E-state index >= 15 is 0 Å². The summed E-state index contributed by atoms with van der Waals surface area (Å²) in [6, 6.07) is 20.6. The maximum atomic E-state index is 12.8. The number of carbonyl (C=O) groups excluding carboxylic acids is 1. The predicted octanol–water partition coefficient (Wildman–Crippen LogP) is 4.90. The van der Waals surface area contributed by atoms with E-state index in [4.69, 9.17) is 9.15 Å². The predicted molar refractivity (Wildman–Crippen MR) is 133 cm³/mol. The Morgan fingerprint density at radius 2 is 1.76 bits per heavy atom. The summed E-state index contributed by atoms with van der Waals surface area (Å²) >= 11 is 0. The molecule has 170 valence electrons. The van der Waals surface area contributed by atoms with Gasteiger partial charge < -0.3 is 14.1 Å². The van der Waals surface area contributed by atoms with E-state index in [1.807, 2.05) is 30.3 Å². The summed E-state index contributed by atoms with van der Waals surface area (Å²) in [7, 11) is 0. The number of hydrogen-bond acceptors (Lipinski definition) is 6. The minimum absolute atomic E-state index is 0.139. The number of rotatable bonds is 5. The average Bonchev–Trinajstić information content (AvgIpc) is 2.87. The van der Waals surface area contributed by atoms with Crippen LogP contribution >= 0.6 is 0 Å². The van der Waals surface area contributed by atoms with Crippen molar-refractivity contribution in [3.8, 4) is 11.3 Å². The molecule has 0 atom stereocenters. The highest BCUT2D eigenvalue weighted by Crippen LogP contribution is 2.22. The number of pyridine rings is 1. The van der Waals surface area contributed by atoms with Crippen molar-refractivity contribution in [2.24, 2.45) is 0 Å². The highest BCUT2D eigenvalue weighted by atomic mass is 16.5. The number of fused-ring (bicyclic) bond motifs is 1. The van der Waals surface area contributed by atoms with Gasteiger partial charge in [0.2, 0.25) is 0 Å². The van der Waals surface area contributed by atoms with Gasteiger partial charge in [0.15, 0.2) is 5.78 Å². The highest BCUT2D eigenvalue weighted by molar-refractivity contribution is 6.07. The van der Waals surface area contributed by atoms with Crippen LogP contribution in [0.15, 0.2) is 82.0 Å². The van der Waals surface area contributed by atoms with E-state index in [2.05, 4.69) is 22.0 Å². The summed E-state index contributed by atoms with van der Waals surface area (Å²) in [6.45, 7) is 5.03. The number of ether oxygens (including phenoxy) is 1. The van der Waals surface area contributed by atoms with Gasteiger partial charge in [-0.1, -0.05) is 36.4 Å². The zero-order valence-electron chi connectivity index (χ0n) is 18.9. The van der Waals surface area contributed by atoms with Crippen molar-refractivity contribution in [1.29, 1.82) is 0 Å². The van der Waals surface area contributed by atoms with Crippen LogP contribution in [0.4, 0.5) is 5.69 Å². The Morgan fingerprint density at radius 3 is 2.53 bits per heavy atom. The number of hydrogen-bond donors (Lipinski definition) is 0. The van der Waals surface area contributed by atoms with Gasteiger partial charge in [0.1, 0.15) is 5.58 Å².